The SMILES string of the molecule is COc1ccc(CNC(=O)C2CCCN(c3cc(-c4ccc(OC)cc4)ncn3)C2)cc1. The molecule has 0 bridgehead atoms. The van der Waals surface area contributed by atoms with Gasteiger partial charge in [0.1, 0.15) is 23.6 Å². The monoisotopic (exact) mass is 432 g/mol. The van der Waals surface area contributed by atoms with Crippen LogP contribution < -0.4 is 19.7 Å². The molecule has 2 aromatic carbocycles. The summed E-state index contributed by atoms with van der Waals surface area (Å²) in [6.07, 6.45) is 3.41. The molecular weight excluding hydrogens is 404 g/mol. The van der Waals surface area contributed by atoms with E-state index in [4.69, 9.17) is 9.47 Å². The predicted molar refractivity (Wildman–Crippen MR) is 124 cm³/mol. The first-order chi connectivity index (χ1) is 15.7. The summed E-state index contributed by atoms with van der Waals surface area (Å²) >= 11 is 0. The fourth-order valence-electron chi connectivity index (χ4n) is 3.92. The number of aromatic nitrogens is 2. The number of nitrogens with one attached hydrogen (secondary N) is 1. The van der Waals surface area contributed by atoms with E-state index in [9.17, 15) is 4.79 Å². The molecule has 3 aromatic rings. The van der Waals surface area contributed by atoms with Gasteiger partial charge in [-0.25, -0.2) is 9.97 Å². The van der Waals surface area contributed by atoms with Gasteiger partial charge in [-0.2, -0.15) is 0 Å². The van der Waals surface area contributed by atoms with Crippen molar-refractivity contribution in [3.8, 4) is 22.8 Å². The number of benzene rings is 2. The highest BCUT2D eigenvalue weighted by atomic mass is 16.5. The Hall–Kier alpha value is -3.61. The van der Waals surface area contributed by atoms with Crippen LogP contribution in [0, 0.1) is 5.92 Å². The summed E-state index contributed by atoms with van der Waals surface area (Å²) in [5.41, 5.74) is 2.90. The van der Waals surface area contributed by atoms with Crippen molar-refractivity contribution in [3.63, 3.8) is 0 Å². The van der Waals surface area contributed by atoms with Gasteiger partial charge in [0, 0.05) is 31.3 Å². The highest BCUT2D eigenvalue weighted by Gasteiger charge is 2.26. The molecule has 166 valence electrons. The van der Waals surface area contributed by atoms with Crippen LogP contribution in [0.2, 0.25) is 0 Å². The normalized spacial score (nSPS) is 15.8. The van der Waals surface area contributed by atoms with Crippen molar-refractivity contribution < 1.29 is 14.3 Å². The molecule has 0 saturated carbocycles. The molecule has 1 saturated heterocycles. The second-order valence-electron chi connectivity index (χ2n) is 7.84. The lowest BCUT2D eigenvalue weighted by atomic mass is 9.97. The van der Waals surface area contributed by atoms with Gasteiger partial charge in [-0.3, -0.25) is 4.79 Å². The third-order valence-corrected chi connectivity index (χ3v) is 5.78. The van der Waals surface area contributed by atoms with Crippen molar-refractivity contribution in [3.05, 3.63) is 66.5 Å². The number of anilines is 1. The van der Waals surface area contributed by atoms with E-state index in [2.05, 4.69) is 20.2 Å². The Morgan fingerprint density at radius 2 is 1.72 bits per heavy atom. The summed E-state index contributed by atoms with van der Waals surface area (Å²) in [6.45, 7) is 2.03. The molecule has 32 heavy (non-hydrogen) atoms. The minimum Gasteiger partial charge on any atom is -0.497 e. The second-order valence-corrected chi connectivity index (χ2v) is 7.84. The third-order valence-electron chi connectivity index (χ3n) is 5.78. The Morgan fingerprint density at radius 1 is 1.03 bits per heavy atom. The average Bonchev–Trinajstić information content (AvgIpc) is 2.87. The van der Waals surface area contributed by atoms with Gasteiger partial charge in [-0.05, 0) is 54.8 Å². The number of ether oxygens (including phenoxy) is 2. The molecule has 7 heteroatoms. The Balaban J connectivity index is 1.39. The maximum Gasteiger partial charge on any atom is 0.225 e. The van der Waals surface area contributed by atoms with E-state index in [1.807, 2.05) is 54.6 Å². The fraction of sp³-hybridized carbons (Fsp3) is 0.320. The number of hydrogen-bond acceptors (Lipinski definition) is 6. The molecular formula is C25H28N4O3. The maximum absolute atomic E-state index is 12.8. The summed E-state index contributed by atoms with van der Waals surface area (Å²) in [6, 6.07) is 17.5. The van der Waals surface area contributed by atoms with Gasteiger partial charge in [0.25, 0.3) is 0 Å². The number of nitrogens with zero attached hydrogens (tertiary/aromatic N) is 3. The van der Waals surface area contributed by atoms with Gasteiger partial charge in [0.15, 0.2) is 0 Å². The minimum absolute atomic E-state index is 0.0681. The Morgan fingerprint density at radius 3 is 2.41 bits per heavy atom. The highest BCUT2D eigenvalue weighted by molar-refractivity contribution is 5.79. The Labute approximate surface area is 188 Å². The summed E-state index contributed by atoms with van der Waals surface area (Å²) < 4.78 is 10.4. The molecule has 0 spiro atoms. The van der Waals surface area contributed by atoms with E-state index in [0.29, 0.717) is 13.1 Å². The van der Waals surface area contributed by atoms with Gasteiger partial charge < -0.3 is 19.7 Å². The van der Waals surface area contributed by atoms with Crippen LogP contribution in [0.1, 0.15) is 18.4 Å². The standard InChI is InChI=1S/C25H28N4O3/c1-31-21-9-5-18(6-10-21)15-26-25(30)20-4-3-13-29(16-20)24-14-23(27-17-28-24)19-7-11-22(32-2)12-8-19/h5-12,14,17,20H,3-4,13,15-16H2,1-2H3,(H,26,30). The summed E-state index contributed by atoms with van der Waals surface area (Å²) in [5.74, 6) is 2.47. The van der Waals surface area contributed by atoms with Gasteiger partial charge in [0.05, 0.1) is 25.8 Å². The van der Waals surface area contributed by atoms with Crippen LogP contribution >= 0.6 is 0 Å². The lowest BCUT2D eigenvalue weighted by molar-refractivity contribution is -0.125. The first-order valence-corrected chi connectivity index (χ1v) is 10.8. The van der Waals surface area contributed by atoms with E-state index in [1.54, 1.807) is 20.5 Å². The fourth-order valence-corrected chi connectivity index (χ4v) is 3.92. The molecule has 1 amide bonds. The molecule has 1 aromatic heterocycles. The molecule has 0 aliphatic carbocycles. The Bertz CT molecular complexity index is 1040. The van der Waals surface area contributed by atoms with Gasteiger partial charge in [-0.15, -0.1) is 0 Å². The third kappa shape index (κ3) is 5.17. The smallest absolute Gasteiger partial charge is 0.225 e. The van der Waals surface area contributed by atoms with Crippen LogP contribution in [0.15, 0.2) is 60.9 Å². The van der Waals surface area contributed by atoms with E-state index < -0.39 is 0 Å². The van der Waals surface area contributed by atoms with Gasteiger partial charge in [0.2, 0.25) is 5.91 Å². The molecule has 0 radical (unpaired) electrons. The summed E-state index contributed by atoms with van der Waals surface area (Å²) in [5, 5.41) is 3.08. The molecule has 1 unspecified atom stereocenters. The molecule has 1 fully saturated rings. The molecule has 2 heterocycles. The average molecular weight is 433 g/mol. The molecule has 1 N–H and O–H groups in total. The van der Waals surface area contributed by atoms with Crippen molar-refractivity contribution in [2.45, 2.75) is 19.4 Å². The first kappa shape index (κ1) is 21.6. The zero-order valence-corrected chi connectivity index (χ0v) is 18.5. The van der Waals surface area contributed by atoms with Crippen molar-refractivity contribution in [2.24, 2.45) is 5.92 Å². The van der Waals surface area contributed by atoms with Crippen LogP contribution in [0.5, 0.6) is 11.5 Å². The molecule has 7 nitrogen and oxygen atoms in total. The molecule has 4 rings (SSSR count). The number of methoxy groups -OCH3 is 2. The lowest BCUT2D eigenvalue weighted by Gasteiger charge is -2.33. The lowest BCUT2D eigenvalue weighted by Crippen LogP contribution is -2.43. The van der Waals surface area contributed by atoms with E-state index in [1.165, 1.54) is 0 Å². The van der Waals surface area contributed by atoms with E-state index >= 15 is 0 Å². The topological polar surface area (TPSA) is 76.6 Å². The first-order valence-electron chi connectivity index (χ1n) is 10.8. The van der Waals surface area contributed by atoms with Crippen molar-refractivity contribution in [2.75, 3.05) is 32.2 Å². The van der Waals surface area contributed by atoms with E-state index in [-0.39, 0.29) is 11.8 Å². The largest absolute Gasteiger partial charge is 0.497 e. The number of amides is 1. The quantitative estimate of drug-likeness (QED) is 0.614. The maximum atomic E-state index is 12.8. The van der Waals surface area contributed by atoms with Crippen LogP contribution in [-0.2, 0) is 11.3 Å². The van der Waals surface area contributed by atoms with Crippen molar-refractivity contribution in [1.29, 1.82) is 0 Å². The van der Waals surface area contributed by atoms with Crippen molar-refractivity contribution >= 4 is 11.7 Å². The van der Waals surface area contributed by atoms with Crippen LogP contribution in [-0.4, -0.2) is 43.2 Å². The summed E-state index contributed by atoms with van der Waals surface area (Å²) in [4.78, 5) is 23.9. The minimum atomic E-state index is -0.0681. The molecule has 1 aliphatic rings. The second kappa shape index (κ2) is 10.1. The van der Waals surface area contributed by atoms with Gasteiger partial charge >= 0.3 is 0 Å². The van der Waals surface area contributed by atoms with Gasteiger partial charge in [-0.1, -0.05) is 12.1 Å². The Kier molecular flexibility index (Phi) is 6.84. The predicted octanol–water partition coefficient (Wildman–Crippen LogP) is 3.69. The number of rotatable bonds is 7. The number of carbonyl (C=O) groups excluding carboxylic acids is 1. The van der Waals surface area contributed by atoms with Crippen LogP contribution in [0.4, 0.5) is 5.82 Å². The number of hydrogen-bond donors (Lipinski definition) is 1. The van der Waals surface area contributed by atoms with Crippen LogP contribution in [0.25, 0.3) is 11.3 Å². The molecule has 1 atom stereocenters. The van der Waals surface area contributed by atoms with Crippen molar-refractivity contribution in [1.82, 2.24) is 15.3 Å². The number of carbonyl (C=O) groups is 1. The van der Waals surface area contributed by atoms with Crippen LogP contribution in [0.3, 0.4) is 0 Å². The van der Waals surface area contributed by atoms with E-state index in [0.717, 1.165) is 53.5 Å². The zero-order valence-electron chi connectivity index (χ0n) is 18.5. The summed E-state index contributed by atoms with van der Waals surface area (Å²) in [7, 11) is 3.29. The number of piperidine rings is 1. The zero-order chi connectivity index (χ0) is 22.3. The highest BCUT2D eigenvalue weighted by Crippen LogP contribution is 2.26. The molecule has 1 aliphatic heterocycles.